The van der Waals surface area contributed by atoms with Gasteiger partial charge in [-0.3, -0.25) is 0 Å². The molecule has 0 fully saturated rings. The number of nitrogens with one attached hydrogen (secondary N) is 1. The SMILES string of the molecule is C=CC/C(C(=C)C=C)=C(\C=C\NC)CC. The molecule has 0 aromatic heterocycles. The molecule has 0 unspecified atom stereocenters. The zero-order chi connectivity index (χ0) is 11.7. The molecule has 15 heavy (non-hydrogen) atoms. The first-order chi connectivity index (χ1) is 7.21. The van der Waals surface area contributed by atoms with Gasteiger partial charge in [-0.05, 0) is 41.8 Å². The van der Waals surface area contributed by atoms with E-state index in [9.17, 15) is 0 Å². The Bertz CT molecular complexity index is 292. The minimum absolute atomic E-state index is 0.835. The highest BCUT2D eigenvalue weighted by Crippen LogP contribution is 2.21. The van der Waals surface area contributed by atoms with E-state index in [0.29, 0.717) is 0 Å². The number of hydrogen-bond donors (Lipinski definition) is 1. The Morgan fingerprint density at radius 1 is 1.33 bits per heavy atom. The molecule has 0 heterocycles. The van der Waals surface area contributed by atoms with Crippen molar-refractivity contribution in [3.63, 3.8) is 0 Å². The van der Waals surface area contributed by atoms with E-state index in [2.05, 4.69) is 38.1 Å². The second-order valence-corrected chi connectivity index (χ2v) is 3.20. The van der Waals surface area contributed by atoms with Gasteiger partial charge in [-0.15, -0.1) is 6.58 Å². The summed E-state index contributed by atoms with van der Waals surface area (Å²) in [6.45, 7) is 13.6. The van der Waals surface area contributed by atoms with Crippen molar-refractivity contribution in [2.45, 2.75) is 19.8 Å². The predicted molar refractivity (Wildman–Crippen MR) is 69.7 cm³/mol. The van der Waals surface area contributed by atoms with Gasteiger partial charge in [-0.1, -0.05) is 32.2 Å². The Kier molecular flexibility index (Phi) is 7.08. The van der Waals surface area contributed by atoms with Crippen molar-refractivity contribution in [3.8, 4) is 0 Å². The number of rotatable bonds is 7. The smallest absolute Gasteiger partial charge is 0.00277 e. The standard InChI is InChI=1S/C14H21N/c1-6-9-14(12(4)7-2)13(8-3)10-11-15-5/h6-7,10-11,15H,1-2,4,8-9H2,3,5H3/b11-10+,14-13+. The van der Waals surface area contributed by atoms with Gasteiger partial charge in [0, 0.05) is 7.05 Å². The first kappa shape index (κ1) is 13.5. The monoisotopic (exact) mass is 203 g/mol. The molecular formula is C14H21N. The molecular weight excluding hydrogens is 182 g/mol. The molecule has 0 atom stereocenters. The Morgan fingerprint density at radius 3 is 2.40 bits per heavy atom. The molecule has 0 aliphatic carbocycles. The van der Waals surface area contributed by atoms with Crippen LogP contribution in [0, 0.1) is 0 Å². The van der Waals surface area contributed by atoms with Crippen LogP contribution in [0.25, 0.3) is 0 Å². The van der Waals surface area contributed by atoms with Crippen LogP contribution in [0.5, 0.6) is 0 Å². The van der Waals surface area contributed by atoms with Crippen LogP contribution >= 0.6 is 0 Å². The van der Waals surface area contributed by atoms with E-state index in [4.69, 9.17) is 0 Å². The van der Waals surface area contributed by atoms with Gasteiger partial charge in [0.2, 0.25) is 0 Å². The first-order valence-electron chi connectivity index (χ1n) is 5.19. The Morgan fingerprint density at radius 2 is 2.00 bits per heavy atom. The maximum absolute atomic E-state index is 3.99. The van der Waals surface area contributed by atoms with Crippen LogP contribution in [0.2, 0.25) is 0 Å². The van der Waals surface area contributed by atoms with Crippen LogP contribution in [-0.2, 0) is 0 Å². The average molecular weight is 203 g/mol. The summed E-state index contributed by atoms with van der Waals surface area (Å²) in [6, 6.07) is 0. The fourth-order valence-corrected chi connectivity index (χ4v) is 1.35. The average Bonchev–Trinajstić information content (AvgIpc) is 2.27. The predicted octanol–water partition coefficient (Wildman–Crippen LogP) is 3.74. The molecule has 1 heteroatoms. The zero-order valence-corrected chi connectivity index (χ0v) is 9.84. The van der Waals surface area contributed by atoms with Gasteiger partial charge in [-0.2, -0.15) is 0 Å². The minimum Gasteiger partial charge on any atom is -0.394 e. The van der Waals surface area contributed by atoms with Gasteiger partial charge in [-0.25, -0.2) is 0 Å². The van der Waals surface area contributed by atoms with Crippen molar-refractivity contribution in [3.05, 3.63) is 60.9 Å². The lowest BCUT2D eigenvalue weighted by Gasteiger charge is -2.10. The molecule has 0 rings (SSSR count). The van der Waals surface area contributed by atoms with Crippen LogP contribution in [0.15, 0.2) is 60.9 Å². The highest BCUT2D eigenvalue weighted by atomic mass is 14.8. The zero-order valence-electron chi connectivity index (χ0n) is 9.84. The van der Waals surface area contributed by atoms with Crippen molar-refractivity contribution in [2.75, 3.05) is 7.05 Å². The molecule has 0 saturated carbocycles. The van der Waals surface area contributed by atoms with E-state index >= 15 is 0 Å². The largest absolute Gasteiger partial charge is 0.394 e. The maximum atomic E-state index is 3.99. The molecule has 0 aromatic carbocycles. The Hall–Kier alpha value is -1.50. The van der Waals surface area contributed by atoms with Crippen molar-refractivity contribution < 1.29 is 0 Å². The lowest BCUT2D eigenvalue weighted by Crippen LogP contribution is -1.95. The topological polar surface area (TPSA) is 12.0 Å². The van der Waals surface area contributed by atoms with Crippen molar-refractivity contribution in [2.24, 2.45) is 0 Å². The van der Waals surface area contributed by atoms with Crippen molar-refractivity contribution >= 4 is 0 Å². The fourth-order valence-electron chi connectivity index (χ4n) is 1.35. The summed E-state index contributed by atoms with van der Waals surface area (Å²) in [7, 11) is 1.89. The first-order valence-corrected chi connectivity index (χ1v) is 5.19. The summed E-state index contributed by atoms with van der Waals surface area (Å²) in [5, 5.41) is 2.99. The lowest BCUT2D eigenvalue weighted by molar-refractivity contribution is 1.05. The Balaban J connectivity index is 5.15. The van der Waals surface area contributed by atoms with E-state index in [0.717, 1.165) is 18.4 Å². The van der Waals surface area contributed by atoms with Crippen LogP contribution in [0.1, 0.15) is 19.8 Å². The third kappa shape index (κ3) is 4.50. The second-order valence-electron chi connectivity index (χ2n) is 3.20. The Labute approximate surface area is 93.6 Å². The fraction of sp³-hybridized carbons (Fsp3) is 0.286. The molecule has 0 radical (unpaired) electrons. The van der Waals surface area contributed by atoms with Crippen LogP contribution in [0.3, 0.4) is 0 Å². The van der Waals surface area contributed by atoms with Crippen LogP contribution in [-0.4, -0.2) is 7.05 Å². The summed E-state index contributed by atoms with van der Waals surface area (Å²) >= 11 is 0. The molecule has 0 aliphatic heterocycles. The van der Waals surface area contributed by atoms with Gasteiger partial charge in [0.25, 0.3) is 0 Å². The normalized spacial score (nSPS) is 12.1. The molecule has 0 aromatic rings. The number of allylic oxidation sites excluding steroid dienone is 6. The lowest BCUT2D eigenvalue weighted by atomic mass is 9.96. The van der Waals surface area contributed by atoms with Crippen molar-refractivity contribution in [1.82, 2.24) is 5.32 Å². The van der Waals surface area contributed by atoms with Gasteiger partial charge < -0.3 is 5.32 Å². The third-order valence-electron chi connectivity index (χ3n) is 2.20. The summed E-state index contributed by atoms with van der Waals surface area (Å²) in [6.07, 6.45) is 9.51. The maximum Gasteiger partial charge on any atom is 0.00277 e. The third-order valence-corrected chi connectivity index (χ3v) is 2.20. The molecule has 0 bridgehead atoms. The van der Waals surface area contributed by atoms with Gasteiger partial charge in [0.05, 0.1) is 0 Å². The summed E-state index contributed by atoms with van der Waals surface area (Å²) in [5.41, 5.74) is 3.47. The molecule has 82 valence electrons. The summed E-state index contributed by atoms with van der Waals surface area (Å²) in [5.74, 6) is 0. The van der Waals surface area contributed by atoms with Gasteiger partial charge >= 0.3 is 0 Å². The summed E-state index contributed by atoms with van der Waals surface area (Å²) in [4.78, 5) is 0. The molecule has 0 aliphatic rings. The van der Waals surface area contributed by atoms with E-state index in [-0.39, 0.29) is 0 Å². The molecule has 1 N–H and O–H groups in total. The molecule has 1 nitrogen and oxygen atoms in total. The minimum atomic E-state index is 0.835. The summed E-state index contributed by atoms with van der Waals surface area (Å²) < 4.78 is 0. The van der Waals surface area contributed by atoms with Gasteiger partial charge in [0.1, 0.15) is 0 Å². The van der Waals surface area contributed by atoms with Crippen LogP contribution in [0.4, 0.5) is 0 Å². The van der Waals surface area contributed by atoms with E-state index in [1.54, 1.807) is 6.08 Å². The molecule has 0 spiro atoms. The van der Waals surface area contributed by atoms with E-state index < -0.39 is 0 Å². The van der Waals surface area contributed by atoms with Crippen molar-refractivity contribution in [1.29, 1.82) is 0 Å². The molecule has 0 amide bonds. The van der Waals surface area contributed by atoms with E-state index in [1.165, 1.54) is 11.1 Å². The van der Waals surface area contributed by atoms with E-state index in [1.807, 2.05) is 19.3 Å². The second kappa shape index (κ2) is 7.86. The highest BCUT2D eigenvalue weighted by Gasteiger charge is 2.02. The van der Waals surface area contributed by atoms with Gasteiger partial charge in [0.15, 0.2) is 0 Å². The quantitative estimate of drug-likeness (QED) is 0.491. The molecule has 0 saturated heterocycles. The van der Waals surface area contributed by atoms with Crippen LogP contribution < -0.4 is 5.32 Å². The number of hydrogen-bond acceptors (Lipinski definition) is 1. The highest BCUT2D eigenvalue weighted by molar-refractivity contribution is 5.44.